The van der Waals surface area contributed by atoms with E-state index in [0.29, 0.717) is 38.6 Å². The number of carbonyl (C=O) groups is 1. The van der Waals surface area contributed by atoms with Gasteiger partial charge in [-0.2, -0.15) is 17.0 Å². The smallest absolute Gasteiger partial charge is 0.281 e. The van der Waals surface area contributed by atoms with Crippen LogP contribution in [0.4, 0.5) is 0 Å². The molecule has 0 saturated carbocycles. The molecule has 6 nitrogen and oxygen atoms in total. The first-order valence-electron chi connectivity index (χ1n) is 7.98. The Hall–Kier alpha value is -0.660. The van der Waals surface area contributed by atoms with E-state index in [-0.39, 0.29) is 11.8 Å². The normalized spacial score (nSPS) is 26.7. The Morgan fingerprint density at radius 3 is 2.43 bits per heavy atom. The van der Waals surface area contributed by atoms with Crippen LogP contribution >= 0.6 is 0 Å². The molecule has 0 aromatic carbocycles. The Morgan fingerprint density at radius 1 is 1.14 bits per heavy atom. The number of rotatable bonds is 4. The van der Waals surface area contributed by atoms with Gasteiger partial charge in [0.2, 0.25) is 5.91 Å². The van der Waals surface area contributed by atoms with E-state index in [1.54, 1.807) is 4.31 Å². The van der Waals surface area contributed by atoms with Crippen molar-refractivity contribution in [2.45, 2.75) is 39.5 Å². The topological polar surface area (TPSA) is 69.7 Å². The molecule has 2 rings (SSSR count). The summed E-state index contributed by atoms with van der Waals surface area (Å²) in [4.78, 5) is 11.9. The van der Waals surface area contributed by atoms with Crippen LogP contribution in [-0.4, -0.2) is 55.7 Å². The molecule has 1 amide bonds. The summed E-state index contributed by atoms with van der Waals surface area (Å²) in [6.07, 6.45) is 3.37. The third kappa shape index (κ3) is 3.96. The molecule has 2 aliphatic heterocycles. The molecule has 2 aliphatic rings. The number of hydrogen-bond donors (Lipinski definition) is 1. The summed E-state index contributed by atoms with van der Waals surface area (Å²) in [5.74, 6) is 0.364. The third-order valence-corrected chi connectivity index (χ3v) is 6.50. The molecule has 0 bridgehead atoms. The Morgan fingerprint density at radius 2 is 1.81 bits per heavy atom. The van der Waals surface area contributed by atoms with Gasteiger partial charge in [-0.3, -0.25) is 4.79 Å². The predicted molar refractivity (Wildman–Crippen MR) is 81.9 cm³/mol. The highest BCUT2D eigenvalue weighted by molar-refractivity contribution is 7.86. The first-order valence-corrected chi connectivity index (χ1v) is 9.37. The number of carbonyl (C=O) groups excluding carboxylic acids is 1. The molecule has 1 unspecified atom stereocenters. The zero-order valence-corrected chi connectivity index (χ0v) is 13.9. The van der Waals surface area contributed by atoms with E-state index in [1.807, 2.05) is 6.92 Å². The van der Waals surface area contributed by atoms with Crippen molar-refractivity contribution in [3.63, 3.8) is 0 Å². The maximum absolute atomic E-state index is 12.7. The molecule has 21 heavy (non-hydrogen) atoms. The van der Waals surface area contributed by atoms with E-state index < -0.39 is 10.2 Å². The van der Waals surface area contributed by atoms with Crippen LogP contribution in [0.2, 0.25) is 0 Å². The average molecular weight is 317 g/mol. The molecule has 1 atom stereocenters. The second-order valence-corrected chi connectivity index (χ2v) is 8.11. The van der Waals surface area contributed by atoms with Crippen molar-refractivity contribution < 1.29 is 13.2 Å². The monoisotopic (exact) mass is 317 g/mol. The van der Waals surface area contributed by atoms with E-state index in [1.165, 1.54) is 4.31 Å². The van der Waals surface area contributed by atoms with Gasteiger partial charge >= 0.3 is 0 Å². The summed E-state index contributed by atoms with van der Waals surface area (Å²) in [6.45, 7) is 6.69. The Kier molecular flexibility index (Phi) is 5.62. The lowest BCUT2D eigenvalue weighted by Gasteiger charge is -2.37. The van der Waals surface area contributed by atoms with E-state index in [2.05, 4.69) is 12.2 Å². The van der Waals surface area contributed by atoms with Crippen LogP contribution in [0, 0.1) is 11.8 Å². The van der Waals surface area contributed by atoms with Crippen LogP contribution in [-0.2, 0) is 15.0 Å². The maximum atomic E-state index is 12.7. The minimum Gasteiger partial charge on any atom is -0.356 e. The van der Waals surface area contributed by atoms with Gasteiger partial charge in [0, 0.05) is 32.7 Å². The van der Waals surface area contributed by atoms with Crippen molar-refractivity contribution in [2.75, 3.05) is 32.7 Å². The van der Waals surface area contributed by atoms with Crippen LogP contribution in [0.3, 0.4) is 0 Å². The standard InChI is InChI=1S/C14H27N3O3S/c1-3-15-14(18)13-5-4-8-17(11-13)21(19,20)16-9-6-12(2)7-10-16/h12-13H,3-11H2,1-2H3,(H,15,18). The largest absolute Gasteiger partial charge is 0.356 e. The van der Waals surface area contributed by atoms with Crippen molar-refractivity contribution in [3.05, 3.63) is 0 Å². The molecule has 7 heteroatoms. The van der Waals surface area contributed by atoms with Crippen molar-refractivity contribution in [1.29, 1.82) is 0 Å². The van der Waals surface area contributed by atoms with Crippen molar-refractivity contribution in [2.24, 2.45) is 11.8 Å². The fourth-order valence-electron chi connectivity index (χ4n) is 3.06. The van der Waals surface area contributed by atoms with Gasteiger partial charge in [0.15, 0.2) is 0 Å². The Bertz CT molecular complexity index is 458. The zero-order valence-electron chi connectivity index (χ0n) is 13.0. The Balaban J connectivity index is 2.01. The van der Waals surface area contributed by atoms with E-state index >= 15 is 0 Å². The second-order valence-electron chi connectivity index (χ2n) is 6.18. The van der Waals surface area contributed by atoms with E-state index in [0.717, 1.165) is 25.7 Å². The molecule has 1 N–H and O–H groups in total. The first kappa shape index (κ1) is 16.7. The maximum Gasteiger partial charge on any atom is 0.281 e. The third-order valence-electron chi connectivity index (χ3n) is 4.50. The molecule has 2 fully saturated rings. The predicted octanol–water partition coefficient (Wildman–Crippen LogP) is 0.811. The molecule has 0 aliphatic carbocycles. The fourth-order valence-corrected chi connectivity index (χ4v) is 4.79. The van der Waals surface area contributed by atoms with Gasteiger partial charge in [-0.1, -0.05) is 6.92 Å². The van der Waals surface area contributed by atoms with E-state index in [4.69, 9.17) is 0 Å². The molecule has 122 valence electrons. The lowest BCUT2D eigenvalue weighted by molar-refractivity contribution is -0.125. The lowest BCUT2D eigenvalue weighted by Crippen LogP contribution is -2.52. The zero-order chi connectivity index (χ0) is 15.5. The van der Waals surface area contributed by atoms with Gasteiger partial charge in [0.25, 0.3) is 10.2 Å². The number of nitrogens with one attached hydrogen (secondary N) is 1. The van der Waals surface area contributed by atoms with Crippen LogP contribution < -0.4 is 5.32 Å². The van der Waals surface area contributed by atoms with E-state index in [9.17, 15) is 13.2 Å². The molecule has 0 aromatic heterocycles. The van der Waals surface area contributed by atoms with Gasteiger partial charge in [0.05, 0.1) is 5.92 Å². The highest BCUT2D eigenvalue weighted by atomic mass is 32.2. The number of hydrogen-bond acceptors (Lipinski definition) is 3. The quantitative estimate of drug-likeness (QED) is 0.834. The van der Waals surface area contributed by atoms with Crippen LogP contribution in [0.1, 0.15) is 39.5 Å². The molecule has 0 radical (unpaired) electrons. The van der Waals surface area contributed by atoms with Gasteiger partial charge in [0.1, 0.15) is 0 Å². The van der Waals surface area contributed by atoms with Gasteiger partial charge in [-0.15, -0.1) is 0 Å². The molecule has 0 spiro atoms. The van der Waals surface area contributed by atoms with Crippen molar-refractivity contribution in [3.8, 4) is 0 Å². The summed E-state index contributed by atoms with van der Waals surface area (Å²) >= 11 is 0. The summed E-state index contributed by atoms with van der Waals surface area (Å²) < 4.78 is 28.5. The number of piperidine rings is 2. The first-order chi connectivity index (χ1) is 9.95. The average Bonchev–Trinajstić information content (AvgIpc) is 2.48. The molecule has 2 heterocycles. The minimum absolute atomic E-state index is 0.0235. The van der Waals surface area contributed by atoms with Gasteiger partial charge < -0.3 is 5.32 Å². The van der Waals surface area contributed by atoms with Crippen LogP contribution in [0.15, 0.2) is 0 Å². The Labute approximate surface area is 128 Å². The molecule has 2 saturated heterocycles. The molecule has 0 aromatic rings. The summed E-state index contributed by atoms with van der Waals surface area (Å²) in [6, 6.07) is 0. The van der Waals surface area contributed by atoms with Crippen molar-refractivity contribution in [1.82, 2.24) is 13.9 Å². The van der Waals surface area contributed by atoms with Crippen LogP contribution in [0.5, 0.6) is 0 Å². The van der Waals surface area contributed by atoms with Crippen LogP contribution in [0.25, 0.3) is 0 Å². The number of nitrogens with zero attached hydrogens (tertiary/aromatic N) is 2. The number of amides is 1. The van der Waals surface area contributed by atoms with Crippen molar-refractivity contribution >= 4 is 16.1 Å². The fraction of sp³-hybridized carbons (Fsp3) is 0.929. The van der Waals surface area contributed by atoms with Gasteiger partial charge in [-0.05, 0) is 38.5 Å². The highest BCUT2D eigenvalue weighted by Crippen LogP contribution is 2.25. The second kappa shape index (κ2) is 7.07. The SMILES string of the molecule is CCNC(=O)C1CCCN(S(=O)(=O)N2CCC(C)CC2)C1. The van der Waals surface area contributed by atoms with Gasteiger partial charge in [-0.25, -0.2) is 0 Å². The molecular formula is C14H27N3O3S. The molecular weight excluding hydrogens is 290 g/mol. The summed E-state index contributed by atoms with van der Waals surface area (Å²) in [7, 11) is -3.40. The highest BCUT2D eigenvalue weighted by Gasteiger charge is 2.36. The lowest BCUT2D eigenvalue weighted by atomic mass is 9.99. The minimum atomic E-state index is -3.40. The summed E-state index contributed by atoms with van der Waals surface area (Å²) in [5.41, 5.74) is 0. The summed E-state index contributed by atoms with van der Waals surface area (Å²) in [5, 5.41) is 2.80.